The van der Waals surface area contributed by atoms with Crippen LogP contribution in [0.5, 0.6) is 0 Å². The molecule has 128 valence electrons. The highest BCUT2D eigenvalue weighted by Gasteiger charge is 2.09. The predicted molar refractivity (Wildman–Crippen MR) is 103 cm³/mol. The molecule has 0 radical (unpaired) electrons. The van der Waals surface area contributed by atoms with Crippen molar-refractivity contribution in [2.45, 2.75) is 26.8 Å². The number of anilines is 3. The Hall–Kier alpha value is -2.66. The third-order valence-corrected chi connectivity index (χ3v) is 3.97. The molecule has 0 saturated carbocycles. The van der Waals surface area contributed by atoms with Crippen molar-refractivity contribution in [3.8, 4) is 11.3 Å². The third-order valence-electron chi connectivity index (χ3n) is 3.56. The molecule has 3 rings (SSSR count). The van der Waals surface area contributed by atoms with E-state index < -0.39 is 0 Å². The number of pyridine rings is 1. The summed E-state index contributed by atoms with van der Waals surface area (Å²) in [5.41, 5.74) is 3.72. The van der Waals surface area contributed by atoms with E-state index in [1.807, 2.05) is 43.3 Å². The molecule has 0 aliphatic carbocycles. The zero-order chi connectivity index (χ0) is 17.8. The second kappa shape index (κ2) is 7.49. The fourth-order valence-corrected chi connectivity index (χ4v) is 2.50. The lowest BCUT2D eigenvalue weighted by atomic mass is 10.2. The van der Waals surface area contributed by atoms with Crippen LogP contribution in [0.4, 0.5) is 17.5 Å². The van der Waals surface area contributed by atoms with Crippen LogP contribution in [-0.2, 0) is 0 Å². The number of halogens is 1. The molecule has 0 amide bonds. The number of aromatic nitrogens is 3. The van der Waals surface area contributed by atoms with Crippen LogP contribution in [-0.4, -0.2) is 21.0 Å². The first kappa shape index (κ1) is 17.2. The number of hydrogen-bond donors (Lipinski definition) is 2. The van der Waals surface area contributed by atoms with Crippen molar-refractivity contribution >= 4 is 29.1 Å². The van der Waals surface area contributed by atoms with Crippen LogP contribution in [0.15, 0.2) is 48.8 Å². The van der Waals surface area contributed by atoms with Gasteiger partial charge in [-0.2, -0.15) is 4.98 Å². The van der Waals surface area contributed by atoms with Crippen molar-refractivity contribution in [2.24, 2.45) is 0 Å². The molecule has 2 heterocycles. The third kappa shape index (κ3) is 4.45. The van der Waals surface area contributed by atoms with E-state index in [1.54, 1.807) is 12.4 Å². The topological polar surface area (TPSA) is 62.7 Å². The maximum absolute atomic E-state index is 6.22. The average molecular weight is 354 g/mol. The SMILES string of the molecule is Cc1ccc(Nc2cc(-c3ccncc3)nc(NC(C)C)n2)cc1Cl. The molecule has 2 aromatic heterocycles. The molecule has 6 heteroatoms. The van der Waals surface area contributed by atoms with E-state index in [0.717, 1.165) is 22.5 Å². The molecule has 0 spiro atoms. The minimum atomic E-state index is 0.231. The van der Waals surface area contributed by atoms with Crippen LogP contribution in [0.25, 0.3) is 11.3 Å². The lowest BCUT2D eigenvalue weighted by Crippen LogP contribution is -2.13. The van der Waals surface area contributed by atoms with Crippen LogP contribution in [0.1, 0.15) is 19.4 Å². The van der Waals surface area contributed by atoms with Gasteiger partial charge < -0.3 is 10.6 Å². The quantitative estimate of drug-likeness (QED) is 0.671. The zero-order valence-electron chi connectivity index (χ0n) is 14.4. The van der Waals surface area contributed by atoms with Gasteiger partial charge in [0.05, 0.1) is 5.69 Å². The molecule has 0 aliphatic rings. The van der Waals surface area contributed by atoms with Gasteiger partial charge in [-0.05, 0) is 50.6 Å². The van der Waals surface area contributed by atoms with Gasteiger partial charge in [-0.1, -0.05) is 17.7 Å². The number of rotatable bonds is 5. The number of nitrogens with zero attached hydrogens (tertiary/aromatic N) is 3. The van der Waals surface area contributed by atoms with E-state index in [4.69, 9.17) is 11.6 Å². The fraction of sp³-hybridized carbons (Fsp3) is 0.211. The van der Waals surface area contributed by atoms with Gasteiger partial charge in [0.25, 0.3) is 0 Å². The average Bonchev–Trinajstić information content (AvgIpc) is 2.58. The monoisotopic (exact) mass is 353 g/mol. The van der Waals surface area contributed by atoms with Crippen LogP contribution >= 0.6 is 11.6 Å². The van der Waals surface area contributed by atoms with E-state index >= 15 is 0 Å². The number of aryl methyl sites for hydroxylation is 1. The highest BCUT2D eigenvalue weighted by Crippen LogP contribution is 2.26. The Bertz CT molecular complexity index is 865. The van der Waals surface area contributed by atoms with Gasteiger partial charge in [-0.3, -0.25) is 4.98 Å². The summed E-state index contributed by atoms with van der Waals surface area (Å²) in [7, 11) is 0. The summed E-state index contributed by atoms with van der Waals surface area (Å²) in [6.45, 7) is 6.08. The molecule has 1 aromatic carbocycles. The molecule has 0 fully saturated rings. The summed E-state index contributed by atoms with van der Waals surface area (Å²) in [6, 6.07) is 11.8. The summed E-state index contributed by atoms with van der Waals surface area (Å²) in [6.07, 6.45) is 3.50. The lowest BCUT2D eigenvalue weighted by Gasteiger charge is -2.13. The highest BCUT2D eigenvalue weighted by atomic mass is 35.5. The molecular formula is C19H20ClN5. The molecule has 0 aliphatic heterocycles. The Morgan fingerprint density at radius 2 is 1.76 bits per heavy atom. The van der Waals surface area contributed by atoms with Gasteiger partial charge in [0.2, 0.25) is 5.95 Å². The largest absolute Gasteiger partial charge is 0.352 e. The van der Waals surface area contributed by atoms with E-state index in [-0.39, 0.29) is 6.04 Å². The Kier molecular flexibility index (Phi) is 5.14. The minimum Gasteiger partial charge on any atom is -0.352 e. The van der Waals surface area contributed by atoms with Crippen LogP contribution in [0.3, 0.4) is 0 Å². The molecule has 3 aromatic rings. The first-order valence-electron chi connectivity index (χ1n) is 8.10. The van der Waals surface area contributed by atoms with E-state index in [2.05, 4.69) is 39.4 Å². The molecule has 0 bridgehead atoms. The molecule has 25 heavy (non-hydrogen) atoms. The maximum atomic E-state index is 6.22. The molecule has 0 saturated heterocycles. The van der Waals surface area contributed by atoms with Crippen molar-refractivity contribution in [2.75, 3.05) is 10.6 Å². The second-order valence-corrected chi connectivity index (χ2v) is 6.49. The molecule has 0 unspecified atom stereocenters. The smallest absolute Gasteiger partial charge is 0.225 e. The first-order valence-corrected chi connectivity index (χ1v) is 8.48. The van der Waals surface area contributed by atoms with E-state index in [1.165, 1.54) is 0 Å². The first-order chi connectivity index (χ1) is 12.0. The molecule has 0 atom stereocenters. The van der Waals surface area contributed by atoms with Crippen molar-refractivity contribution < 1.29 is 0 Å². The number of hydrogen-bond acceptors (Lipinski definition) is 5. The Morgan fingerprint density at radius 3 is 2.44 bits per heavy atom. The summed E-state index contributed by atoms with van der Waals surface area (Å²) in [5, 5.41) is 7.28. The van der Waals surface area contributed by atoms with E-state index in [0.29, 0.717) is 16.8 Å². The second-order valence-electron chi connectivity index (χ2n) is 6.09. The van der Waals surface area contributed by atoms with E-state index in [9.17, 15) is 0 Å². The predicted octanol–water partition coefficient (Wildman–Crippen LogP) is 5.06. The Balaban J connectivity index is 1.98. The number of nitrogens with one attached hydrogen (secondary N) is 2. The lowest BCUT2D eigenvalue weighted by molar-refractivity contribution is 0.876. The van der Waals surface area contributed by atoms with Gasteiger partial charge >= 0.3 is 0 Å². The molecule has 2 N–H and O–H groups in total. The number of benzene rings is 1. The van der Waals surface area contributed by atoms with Gasteiger partial charge in [-0.15, -0.1) is 0 Å². The summed E-state index contributed by atoms with van der Waals surface area (Å²) in [4.78, 5) is 13.2. The zero-order valence-corrected chi connectivity index (χ0v) is 15.2. The summed E-state index contributed by atoms with van der Waals surface area (Å²) >= 11 is 6.22. The summed E-state index contributed by atoms with van der Waals surface area (Å²) < 4.78 is 0. The van der Waals surface area contributed by atoms with Gasteiger partial charge in [0.15, 0.2) is 0 Å². The van der Waals surface area contributed by atoms with Crippen molar-refractivity contribution in [1.29, 1.82) is 0 Å². The van der Waals surface area contributed by atoms with Crippen molar-refractivity contribution in [3.05, 3.63) is 59.4 Å². The Labute approximate surface area is 152 Å². The van der Waals surface area contributed by atoms with Crippen molar-refractivity contribution in [1.82, 2.24) is 15.0 Å². The minimum absolute atomic E-state index is 0.231. The maximum Gasteiger partial charge on any atom is 0.225 e. The molecular weight excluding hydrogens is 334 g/mol. The fourth-order valence-electron chi connectivity index (χ4n) is 2.32. The van der Waals surface area contributed by atoms with Crippen LogP contribution in [0.2, 0.25) is 5.02 Å². The van der Waals surface area contributed by atoms with Gasteiger partial charge in [0, 0.05) is 40.8 Å². The van der Waals surface area contributed by atoms with Crippen molar-refractivity contribution in [3.63, 3.8) is 0 Å². The highest BCUT2D eigenvalue weighted by molar-refractivity contribution is 6.31. The summed E-state index contributed by atoms with van der Waals surface area (Å²) in [5.74, 6) is 1.27. The van der Waals surface area contributed by atoms with Crippen LogP contribution in [0, 0.1) is 6.92 Å². The van der Waals surface area contributed by atoms with Gasteiger partial charge in [-0.25, -0.2) is 4.98 Å². The molecule has 5 nitrogen and oxygen atoms in total. The van der Waals surface area contributed by atoms with Crippen LogP contribution < -0.4 is 10.6 Å². The van der Waals surface area contributed by atoms with Gasteiger partial charge in [0.1, 0.15) is 5.82 Å². The normalized spacial score (nSPS) is 10.8. The Morgan fingerprint density at radius 1 is 1.00 bits per heavy atom. The standard InChI is InChI=1S/C19H20ClN5/c1-12(2)22-19-24-17(14-6-8-21-9-7-14)11-18(25-19)23-15-5-4-13(3)16(20)10-15/h4-12H,1-3H3,(H2,22,23,24,25).